The van der Waals surface area contributed by atoms with Crippen molar-refractivity contribution in [2.24, 2.45) is 5.41 Å². The van der Waals surface area contributed by atoms with E-state index in [-0.39, 0.29) is 5.91 Å². The molecule has 1 fully saturated rings. The number of rotatable bonds is 7. The van der Waals surface area contributed by atoms with Gasteiger partial charge in [0.1, 0.15) is 11.5 Å². The highest BCUT2D eigenvalue weighted by molar-refractivity contribution is 7.84. The van der Waals surface area contributed by atoms with E-state index in [2.05, 4.69) is 10.5 Å². The molecule has 1 saturated heterocycles. The van der Waals surface area contributed by atoms with Crippen LogP contribution < -0.4 is 5.32 Å². The molecule has 2 aromatic rings. The van der Waals surface area contributed by atoms with Gasteiger partial charge >= 0.3 is 0 Å². The van der Waals surface area contributed by atoms with E-state index in [1.807, 2.05) is 37.3 Å². The maximum absolute atomic E-state index is 12.9. The van der Waals surface area contributed by atoms with Gasteiger partial charge in [0.2, 0.25) is 5.91 Å². The van der Waals surface area contributed by atoms with Gasteiger partial charge < -0.3 is 14.6 Å². The predicted octanol–water partition coefficient (Wildman–Crippen LogP) is 2.48. The van der Waals surface area contributed by atoms with E-state index in [4.69, 9.17) is 9.26 Å². The maximum atomic E-state index is 12.9. The average molecular weight is 391 g/mol. The summed E-state index contributed by atoms with van der Waals surface area (Å²) in [5.41, 5.74) is 2.37. The standard InChI is InChI=1S/C20H26N2O4S/c1-15-5-3-4-6-17(15)18-13-16(26-22-18)14-20(7-10-25-11-8-20)19(23)21-9-12-27(2)24/h3-6,13H,7-12,14H2,1-2H3,(H,21,23). The number of carbonyl (C=O) groups is 1. The Morgan fingerprint density at radius 3 is 2.74 bits per heavy atom. The molecule has 1 aliphatic heterocycles. The first kappa shape index (κ1) is 19.8. The molecule has 1 atom stereocenters. The largest absolute Gasteiger partial charge is 0.381 e. The zero-order chi connectivity index (χ0) is 19.3. The summed E-state index contributed by atoms with van der Waals surface area (Å²) in [6.07, 6.45) is 3.39. The molecule has 6 nitrogen and oxygen atoms in total. The topological polar surface area (TPSA) is 81.4 Å². The first-order valence-electron chi connectivity index (χ1n) is 9.18. The molecule has 0 aliphatic carbocycles. The van der Waals surface area contributed by atoms with Crippen molar-refractivity contribution in [2.75, 3.05) is 31.8 Å². The van der Waals surface area contributed by atoms with Crippen molar-refractivity contribution >= 4 is 16.7 Å². The van der Waals surface area contributed by atoms with Crippen molar-refractivity contribution in [3.05, 3.63) is 41.7 Å². The van der Waals surface area contributed by atoms with Crippen LogP contribution in [0.15, 0.2) is 34.9 Å². The van der Waals surface area contributed by atoms with Gasteiger partial charge in [0.05, 0.1) is 5.41 Å². The predicted molar refractivity (Wildman–Crippen MR) is 105 cm³/mol. The van der Waals surface area contributed by atoms with E-state index in [1.165, 1.54) is 0 Å². The molecule has 27 heavy (non-hydrogen) atoms. The van der Waals surface area contributed by atoms with Crippen molar-refractivity contribution in [1.29, 1.82) is 0 Å². The Labute approximate surface area is 162 Å². The third-order valence-electron chi connectivity index (χ3n) is 5.10. The van der Waals surface area contributed by atoms with Gasteiger partial charge in [-0.1, -0.05) is 29.4 Å². The molecule has 0 saturated carbocycles. The fourth-order valence-corrected chi connectivity index (χ4v) is 3.85. The molecule has 3 rings (SSSR count). The minimum absolute atomic E-state index is 0.0231. The van der Waals surface area contributed by atoms with Crippen LogP contribution in [0.4, 0.5) is 0 Å². The fourth-order valence-electron chi connectivity index (χ4n) is 3.46. The Morgan fingerprint density at radius 2 is 2.04 bits per heavy atom. The average Bonchev–Trinajstić information content (AvgIpc) is 3.10. The number of hydrogen-bond acceptors (Lipinski definition) is 5. The van der Waals surface area contributed by atoms with Crippen molar-refractivity contribution in [3.8, 4) is 11.3 Å². The lowest BCUT2D eigenvalue weighted by Gasteiger charge is -2.35. The van der Waals surface area contributed by atoms with Crippen molar-refractivity contribution in [1.82, 2.24) is 10.5 Å². The third kappa shape index (κ3) is 4.84. The molecule has 1 amide bonds. The number of hydrogen-bond donors (Lipinski definition) is 1. The monoisotopic (exact) mass is 390 g/mol. The van der Waals surface area contributed by atoms with Gasteiger partial charge in [0.15, 0.2) is 0 Å². The second kappa shape index (κ2) is 8.80. The number of aromatic nitrogens is 1. The number of benzene rings is 1. The summed E-state index contributed by atoms with van der Waals surface area (Å²) in [6, 6.07) is 9.94. The molecule has 1 N–H and O–H groups in total. The van der Waals surface area contributed by atoms with Gasteiger partial charge in [0, 0.05) is 60.6 Å². The van der Waals surface area contributed by atoms with E-state index < -0.39 is 16.2 Å². The van der Waals surface area contributed by atoms with Gasteiger partial charge in [-0.3, -0.25) is 9.00 Å². The smallest absolute Gasteiger partial charge is 0.226 e. The number of amides is 1. The maximum Gasteiger partial charge on any atom is 0.226 e. The van der Waals surface area contributed by atoms with Crippen LogP contribution in [-0.4, -0.2) is 47.0 Å². The minimum atomic E-state index is -0.927. The number of aryl methyl sites for hydroxylation is 1. The molecule has 0 radical (unpaired) electrons. The summed E-state index contributed by atoms with van der Waals surface area (Å²) in [4.78, 5) is 12.9. The molecule has 1 aromatic heterocycles. The second-order valence-corrected chi connectivity index (χ2v) is 8.65. The van der Waals surface area contributed by atoms with Crippen molar-refractivity contribution in [2.45, 2.75) is 26.2 Å². The molecule has 0 bridgehead atoms. The highest BCUT2D eigenvalue weighted by Gasteiger charge is 2.41. The highest BCUT2D eigenvalue weighted by Crippen LogP contribution is 2.36. The number of ether oxygens (including phenoxy) is 1. The van der Waals surface area contributed by atoms with Crippen LogP contribution in [0.3, 0.4) is 0 Å². The summed E-state index contributed by atoms with van der Waals surface area (Å²) in [6.45, 7) is 3.54. The summed E-state index contributed by atoms with van der Waals surface area (Å²) in [7, 11) is -0.927. The molecule has 1 aliphatic rings. The number of nitrogens with one attached hydrogen (secondary N) is 1. The third-order valence-corrected chi connectivity index (χ3v) is 5.88. The van der Waals surface area contributed by atoms with E-state index in [1.54, 1.807) is 6.26 Å². The molecule has 1 aromatic carbocycles. The molecular weight excluding hydrogens is 364 g/mol. The van der Waals surface area contributed by atoms with Gasteiger partial charge in [-0.25, -0.2) is 0 Å². The Bertz CT molecular complexity index is 812. The Hall–Kier alpha value is -1.99. The fraction of sp³-hybridized carbons (Fsp3) is 0.500. The van der Waals surface area contributed by atoms with Crippen molar-refractivity contribution in [3.63, 3.8) is 0 Å². The first-order valence-corrected chi connectivity index (χ1v) is 10.9. The minimum Gasteiger partial charge on any atom is -0.381 e. The molecule has 7 heteroatoms. The SMILES string of the molecule is Cc1ccccc1-c1cc(CC2(C(=O)NCCS(C)=O)CCOCC2)on1. The lowest BCUT2D eigenvalue weighted by atomic mass is 9.75. The van der Waals surface area contributed by atoms with Crippen LogP contribution in [0.2, 0.25) is 0 Å². The van der Waals surface area contributed by atoms with E-state index in [9.17, 15) is 9.00 Å². The Kier molecular flexibility index (Phi) is 6.44. The second-order valence-electron chi connectivity index (χ2n) is 7.10. The van der Waals surface area contributed by atoms with Crippen LogP contribution in [0, 0.1) is 12.3 Å². The van der Waals surface area contributed by atoms with Crippen LogP contribution in [0.5, 0.6) is 0 Å². The Morgan fingerprint density at radius 1 is 1.30 bits per heavy atom. The van der Waals surface area contributed by atoms with Crippen molar-refractivity contribution < 1.29 is 18.3 Å². The lowest BCUT2D eigenvalue weighted by molar-refractivity contribution is -0.136. The molecule has 1 unspecified atom stereocenters. The number of carbonyl (C=O) groups excluding carboxylic acids is 1. The van der Waals surface area contributed by atoms with E-state index in [0.717, 1.165) is 16.8 Å². The molecule has 2 heterocycles. The van der Waals surface area contributed by atoms with Crippen LogP contribution >= 0.6 is 0 Å². The van der Waals surface area contributed by atoms with Crippen LogP contribution in [0.25, 0.3) is 11.3 Å². The highest BCUT2D eigenvalue weighted by atomic mass is 32.2. The summed E-state index contributed by atoms with van der Waals surface area (Å²) >= 11 is 0. The van der Waals surface area contributed by atoms with Crippen LogP contribution in [-0.2, 0) is 26.8 Å². The lowest BCUT2D eigenvalue weighted by Crippen LogP contribution is -2.47. The molecule has 146 valence electrons. The zero-order valence-electron chi connectivity index (χ0n) is 15.8. The normalized spacial score (nSPS) is 17.4. The van der Waals surface area contributed by atoms with Crippen LogP contribution in [0.1, 0.15) is 24.2 Å². The van der Waals surface area contributed by atoms with E-state index >= 15 is 0 Å². The summed E-state index contributed by atoms with van der Waals surface area (Å²) < 4.78 is 22.3. The van der Waals surface area contributed by atoms with Gasteiger partial charge in [-0.05, 0) is 25.3 Å². The van der Waals surface area contributed by atoms with Gasteiger partial charge in [0.25, 0.3) is 0 Å². The molecule has 0 spiro atoms. The summed E-state index contributed by atoms with van der Waals surface area (Å²) in [5, 5.41) is 7.15. The van der Waals surface area contributed by atoms with E-state index in [0.29, 0.717) is 50.5 Å². The Balaban J connectivity index is 1.76. The zero-order valence-corrected chi connectivity index (χ0v) is 16.6. The molecular formula is C20H26N2O4S. The number of nitrogens with zero attached hydrogens (tertiary/aromatic N) is 1. The van der Waals surface area contributed by atoms with Gasteiger partial charge in [-0.15, -0.1) is 0 Å². The van der Waals surface area contributed by atoms with Gasteiger partial charge in [-0.2, -0.15) is 0 Å². The quantitative estimate of drug-likeness (QED) is 0.785. The first-order chi connectivity index (χ1) is 13.0. The summed E-state index contributed by atoms with van der Waals surface area (Å²) in [5.74, 6) is 1.13.